The molecular formula is C20H31N3O3S. The van der Waals surface area contributed by atoms with Gasteiger partial charge in [-0.1, -0.05) is 30.5 Å². The molecule has 1 aliphatic carbocycles. The fourth-order valence-corrected chi connectivity index (χ4v) is 6.06. The highest BCUT2D eigenvalue weighted by atomic mass is 32.2. The first kappa shape index (κ1) is 20.3. The lowest BCUT2D eigenvalue weighted by molar-refractivity contribution is -0.128. The molecule has 7 heteroatoms. The van der Waals surface area contributed by atoms with Crippen molar-refractivity contribution >= 4 is 15.9 Å². The Hall–Kier alpha value is -1.44. The summed E-state index contributed by atoms with van der Waals surface area (Å²) in [5.74, 6) is -0.106. The molecule has 1 saturated heterocycles. The third kappa shape index (κ3) is 4.20. The first-order chi connectivity index (χ1) is 12.8. The first-order valence-electron chi connectivity index (χ1n) is 9.87. The minimum absolute atomic E-state index is 0.0333. The highest BCUT2D eigenvalue weighted by Crippen LogP contribution is 2.31. The van der Waals surface area contributed by atoms with Gasteiger partial charge in [0.15, 0.2) is 0 Å². The monoisotopic (exact) mass is 393 g/mol. The van der Waals surface area contributed by atoms with E-state index >= 15 is 0 Å². The van der Waals surface area contributed by atoms with E-state index in [0.29, 0.717) is 37.4 Å². The van der Waals surface area contributed by atoms with Crippen molar-refractivity contribution < 1.29 is 13.2 Å². The number of hydrogen-bond donors (Lipinski definition) is 2. The molecule has 0 unspecified atom stereocenters. The lowest BCUT2D eigenvalue weighted by atomic mass is 9.93. The van der Waals surface area contributed by atoms with E-state index in [2.05, 4.69) is 5.32 Å². The van der Waals surface area contributed by atoms with Crippen molar-refractivity contribution in [3.05, 3.63) is 29.3 Å². The van der Waals surface area contributed by atoms with Crippen LogP contribution in [0.25, 0.3) is 0 Å². The summed E-state index contributed by atoms with van der Waals surface area (Å²) in [5, 5.41) is 3.18. The van der Waals surface area contributed by atoms with Crippen LogP contribution >= 0.6 is 0 Å². The van der Waals surface area contributed by atoms with Gasteiger partial charge in [0, 0.05) is 25.6 Å². The van der Waals surface area contributed by atoms with E-state index in [1.807, 2.05) is 26.0 Å². The summed E-state index contributed by atoms with van der Waals surface area (Å²) in [5.41, 5.74) is 7.47. The summed E-state index contributed by atoms with van der Waals surface area (Å²) in [6.45, 7) is 5.01. The Kier molecular flexibility index (Phi) is 5.93. The number of nitrogens with one attached hydrogen (secondary N) is 1. The number of carbonyl (C=O) groups excluding carboxylic acids is 1. The van der Waals surface area contributed by atoms with Crippen molar-refractivity contribution in [2.45, 2.75) is 62.8 Å². The molecule has 1 aromatic carbocycles. The van der Waals surface area contributed by atoms with Crippen LogP contribution in [-0.2, 0) is 14.8 Å². The Bertz CT molecular complexity index is 793. The van der Waals surface area contributed by atoms with E-state index in [4.69, 9.17) is 5.73 Å². The van der Waals surface area contributed by atoms with Crippen LogP contribution in [0.3, 0.4) is 0 Å². The van der Waals surface area contributed by atoms with Crippen LogP contribution in [0.5, 0.6) is 0 Å². The normalized spacial score (nSPS) is 21.3. The lowest BCUT2D eigenvalue weighted by Crippen LogP contribution is -2.54. The van der Waals surface area contributed by atoms with Gasteiger partial charge >= 0.3 is 0 Å². The van der Waals surface area contributed by atoms with E-state index in [-0.39, 0.29) is 17.4 Å². The summed E-state index contributed by atoms with van der Waals surface area (Å²) in [6.07, 6.45) is 5.19. The molecule has 1 saturated carbocycles. The van der Waals surface area contributed by atoms with Crippen molar-refractivity contribution in [2.75, 3.05) is 19.6 Å². The van der Waals surface area contributed by atoms with Crippen LogP contribution in [0, 0.1) is 19.8 Å². The maximum absolute atomic E-state index is 13.0. The van der Waals surface area contributed by atoms with Gasteiger partial charge in [-0.15, -0.1) is 0 Å². The van der Waals surface area contributed by atoms with Crippen LogP contribution in [-0.4, -0.2) is 43.8 Å². The second kappa shape index (κ2) is 7.89. The van der Waals surface area contributed by atoms with Crippen molar-refractivity contribution in [3.8, 4) is 0 Å². The minimum atomic E-state index is -3.52. The molecule has 150 valence electrons. The Morgan fingerprint density at radius 2 is 1.85 bits per heavy atom. The topological polar surface area (TPSA) is 92.5 Å². The predicted octanol–water partition coefficient (Wildman–Crippen LogP) is 2.09. The summed E-state index contributed by atoms with van der Waals surface area (Å²) in [4.78, 5) is 13.1. The maximum atomic E-state index is 13.0. The van der Waals surface area contributed by atoms with Gasteiger partial charge in [-0.05, 0) is 51.2 Å². The Morgan fingerprint density at radius 3 is 2.41 bits per heavy atom. The van der Waals surface area contributed by atoms with Crippen molar-refractivity contribution in [1.29, 1.82) is 0 Å². The zero-order valence-corrected chi connectivity index (χ0v) is 17.1. The zero-order chi connectivity index (χ0) is 19.7. The average molecular weight is 394 g/mol. The van der Waals surface area contributed by atoms with Crippen LogP contribution in [0.1, 0.15) is 49.7 Å². The van der Waals surface area contributed by atoms with Crippen LogP contribution < -0.4 is 11.1 Å². The molecule has 1 aromatic rings. The number of rotatable bonds is 5. The highest BCUT2D eigenvalue weighted by Gasteiger charge is 2.38. The summed E-state index contributed by atoms with van der Waals surface area (Å²) < 4.78 is 27.5. The Labute approximate surface area is 162 Å². The minimum Gasteiger partial charge on any atom is -0.349 e. The van der Waals surface area contributed by atoms with Crippen molar-refractivity contribution in [3.63, 3.8) is 0 Å². The summed E-state index contributed by atoms with van der Waals surface area (Å²) in [7, 11) is -3.52. The van der Waals surface area contributed by atoms with Crippen molar-refractivity contribution in [2.24, 2.45) is 11.7 Å². The second-order valence-corrected chi connectivity index (χ2v) is 10.0. The fourth-order valence-electron chi connectivity index (χ4n) is 4.38. The van der Waals surface area contributed by atoms with Gasteiger partial charge in [0.25, 0.3) is 0 Å². The number of amides is 1. The van der Waals surface area contributed by atoms with E-state index in [1.165, 1.54) is 4.31 Å². The molecule has 3 N–H and O–H groups in total. The van der Waals surface area contributed by atoms with E-state index in [0.717, 1.165) is 36.8 Å². The summed E-state index contributed by atoms with van der Waals surface area (Å²) in [6, 6.07) is 5.40. The zero-order valence-electron chi connectivity index (χ0n) is 16.3. The third-order valence-corrected chi connectivity index (χ3v) is 8.17. The molecule has 0 spiro atoms. The Balaban J connectivity index is 1.63. The number of nitrogens with zero attached hydrogens (tertiary/aromatic N) is 1. The lowest BCUT2D eigenvalue weighted by Gasteiger charge is -2.34. The number of hydrogen-bond acceptors (Lipinski definition) is 4. The van der Waals surface area contributed by atoms with Gasteiger partial charge in [0.2, 0.25) is 15.9 Å². The van der Waals surface area contributed by atoms with Gasteiger partial charge in [-0.2, -0.15) is 4.31 Å². The molecule has 2 fully saturated rings. The molecule has 6 nitrogen and oxygen atoms in total. The Morgan fingerprint density at radius 1 is 1.22 bits per heavy atom. The molecule has 0 atom stereocenters. The predicted molar refractivity (Wildman–Crippen MR) is 106 cm³/mol. The smallest absolute Gasteiger partial charge is 0.243 e. The van der Waals surface area contributed by atoms with Gasteiger partial charge < -0.3 is 11.1 Å². The van der Waals surface area contributed by atoms with Crippen LogP contribution in [0.4, 0.5) is 0 Å². The molecule has 1 aliphatic heterocycles. The molecule has 27 heavy (non-hydrogen) atoms. The number of aryl methyl sites for hydroxylation is 2. The molecule has 3 rings (SSSR count). The second-order valence-electron chi connectivity index (χ2n) is 8.13. The molecular weight excluding hydrogens is 362 g/mol. The van der Waals surface area contributed by atoms with E-state index in [9.17, 15) is 13.2 Å². The fraction of sp³-hybridized carbons (Fsp3) is 0.650. The third-order valence-electron chi connectivity index (χ3n) is 6.11. The van der Waals surface area contributed by atoms with Gasteiger partial charge in [-0.3, -0.25) is 4.79 Å². The highest BCUT2D eigenvalue weighted by molar-refractivity contribution is 7.89. The molecule has 0 aromatic heterocycles. The van der Waals surface area contributed by atoms with E-state index in [1.54, 1.807) is 6.07 Å². The molecule has 1 amide bonds. The SMILES string of the molecule is Cc1ccc(S(=O)(=O)N2CCC(C(=O)NC3(CN)CCCC3)CC2)c(C)c1. The van der Waals surface area contributed by atoms with Gasteiger partial charge in [-0.25, -0.2) is 8.42 Å². The number of nitrogens with two attached hydrogens (primary N) is 1. The molecule has 1 heterocycles. The quantitative estimate of drug-likeness (QED) is 0.801. The van der Waals surface area contributed by atoms with Crippen LogP contribution in [0.2, 0.25) is 0 Å². The van der Waals surface area contributed by atoms with Crippen molar-refractivity contribution in [1.82, 2.24) is 9.62 Å². The van der Waals surface area contributed by atoms with Gasteiger partial charge in [0.1, 0.15) is 0 Å². The molecule has 0 radical (unpaired) electrons. The maximum Gasteiger partial charge on any atom is 0.243 e. The average Bonchev–Trinajstić information content (AvgIpc) is 3.10. The largest absolute Gasteiger partial charge is 0.349 e. The standard InChI is InChI=1S/C20H31N3O3S/c1-15-5-6-18(16(2)13-15)27(25,26)23-11-7-17(8-12-23)19(24)22-20(14-21)9-3-4-10-20/h5-6,13,17H,3-4,7-12,14,21H2,1-2H3,(H,22,24). The molecule has 0 bridgehead atoms. The molecule has 2 aliphatic rings. The number of piperidine rings is 1. The van der Waals surface area contributed by atoms with E-state index < -0.39 is 10.0 Å². The number of carbonyl (C=O) groups is 1. The first-order valence-corrected chi connectivity index (χ1v) is 11.3. The van der Waals surface area contributed by atoms with Gasteiger partial charge in [0.05, 0.1) is 10.4 Å². The number of sulfonamides is 1. The van der Waals surface area contributed by atoms with Crippen LogP contribution in [0.15, 0.2) is 23.1 Å². The summed E-state index contributed by atoms with van der Waals surface area (Å²) >= 11 is 0. The number of benzene rings is 1.